The van der Waals surface area contributed by atoms with Gasteiger partial charge in [-0.15, -0.1) is 5.73 Å². The van der Waals surface area contributed by atoms with E-state index in [-0.39, 0.29) is 5.78 Å². The number of halogens is 1. The number of Topliss-reactive ketones (excluding diaryl/α,β-unsaturated/α-hetero) is 1. The molecule has 1 nitrogen and oxygen atoms in total. The number of rotatable bonds is 2. The minimum Gasteiger partial charge on any atom is -0.288 e. The molecule has 0 saturated heterocycles. The summed E-state index contributed by atoms with van der Waals surface area (Å²) in [5.74, 6) is 0.140. The Balaban J connectivity index is 2.27. The van der Waals surface area contributed by atoms with Crippen LogP contribution in [0.4, 0.5) is 0 Å². The lowest BCUT2D eigenvalue weighted by Crippen LogP contribution is -2.08. The first-order valence-electron chi connectivity index (χ1n) is 4.84. The highest BCUT2D eigenvalue weighted by molar-refractivity contribution is 9.11. The summed E-state index contributed by atoms with van der Waals surface area (Å²) in [5, 5.41) is 0. The van der Waals surface area contributed by atoms with Gasteiger partial charge in [-0.3, -0.25) is 4.79 Å². The topological polar surface area (TPSA) is 17.1 Å². The van der Waals surface area contributed by atoms with Crippen molar-refractivity contribution in [1.82, 2.24) is 0 Å². The van der Waals surface area contributed by atoms with Gasteiger partial charge in [0, 0.05) is 10.1 Å². The van der Waals surface area contributed by atoms with E-state index >= 15 is 0 Å². The summed E-state index contributed by atoms with van der Waals surface area (Å²) in [6.07, 6.45) is 9.67. The van der Waals surface area contributed by atoms with Crippen molar-refractivity contribution < 1.29 is 4.79 Å². The van der Waals surface area contributed by atoms with Gasteiger partial charge >= 0.3 is 0 Å². The van der Waals surface area contributed by atoms with Crippen molar-refractivity contribution in [1.29, 1.82) is 0 Å². The summed E-state index contributed by atoms with van der Waals surface area (Å²) in [7, 11) is 0. The predicted molar refractivity (Wildman–Crippen MR) is 60.2 cm³/mol. The Hall–Kier alpha value is -0.850. The Morgan fingerprint density at radius 1 is 1.36 bits per heavy atom. The second-order valence-electron chi connectivity index (χ2n) is 3.50. The van der Waals surface area contributed by atoms with Gasteiger partial charge in [-0.05, 0) is 37.8 Å². The fraction of sp³-hybridized carbons (Fsp3) is 0.333. The van der Waals surface area contributed by atoms with Crippen molar-refractivity contribution in [3.05, 3.63) is 39.6 Å². The molecule has 0 unspecified atom stereocenters. The van der Waals surface area contributed by atoms with E-state index in [9.17, 15) is 4.79 Å². The Morgan fingerprint density at radius 3 is 2.79 bits per heavy atom. The molecule has 2 aliphatic rings. The van der Waals surface area contributed by atoms with Gasteiger partial charge in [0.15, 0.2) is 5.78 Å². The number of allylic oxidation sites excluding steroid dienone is 5. The molecule has 0 spiro atoms. The summed E-state index contributed by atoms with van der Waals surface area (Å²) in [6.45, 7) is 0. The Morgan fingerprint density at radius 2 is 2.14 bits per heavy atom. The lowest BCUT2D eigenvalue weighted by molar-refractivity contribution is -0.112. The van der Waals surface area contributed by atoms with E-state index in [2.05, 4.69) is 21.7 Å². The molecule has 2 heteroatoms. The molecule has 0 radical (unpaired) electrons. The highest BCUT2D eigenvalue weighted by Gasteiger charge is 2.19. The van der Waals surface area contributed by atoms with E-state index in [1.165, 1.54) is 6.42 Å². The van der Waals surface area contributed by atoms with Crippen LogP contribution in [0.5, 0.6) is 0 Å². The summed E-state index contributed by atoms with van der Waals surface area (Å²) < 4.78 is 1.09. The van der Waals surface area contributed by atoms with Crippen LogP contribution in [0.15, 0.2) is 39.6 Å². The summed E-state index contributed by atoms with van der Waals surface area (Å²) in [4.78, 5) is 12.0. The van der Waals surface area contributed by atoms with Gasteiger partial charge in [-0.1, -0.05) is 22.0 Å². The second-order valence-corrected chi connectivity index (χ2v) is 4.46. The number of carbonyl (C=O) groups excluding carboxylic acids is 1. The minimum absolute atomic E-state index is 0.140. The average Bonchev–Trinajstić information content (AvgIpc) is 2.70. The molecular weight excluding hydrogens is 240 g/mol. The molecule has 2 aliphatic carbocycles. The SMILES string of the molecule is O=C(C1=C=CC=C1)C1=C(Br)CCCC1. The molecule has 0 heterocycles. The van der Waals surface area contributed by atoms with Gasteiger partial charge in [0.2, 0.25) is 0 Å². The zero-order valence-corrected chi connectivity index (χ0v) is 9.43. The fourth-order valence-electron chi connectivity index (χ4n) is 1.74. The highest BCUT2D eigenvalue weighted by atomic mass is 79.9. The maximum absolute atomic E-state index is 12.0. The van der Waals surface area contributed by atoms with Gasteiger partial charge in [-0.2, -0.15) is 0 Å². The fourth-order valence-corrected chi connectivity index (χ4v) is 2.40. The van der Waals surface area contributed by atoms with Crippen LogP contribution in [0.1, 0.15) is 25.7 Å². The van der Waals surface area contributed by atoms with Crippen LogP contribution < -0.4 is 0 Å². The monoisotopic (exact) mass is 250 g/mol. The zero-order chi connectivity index (χ0) is 9.97. The first kappa shape index (κ1) is 9.70. The smallest absolute Gasteiger partial charge is 0.197 e. The third-order valence-corrected chi connectivity index (χ3v) is 3.39. The normalized spacial score (nSPS) is 20.2. The summed E-state index contributed by atoms with van der Waals surface area (Å²) in [6, 6.07) is 0. The molecule has 0 fully saturated rings. The molecule has 0 aliphatic heterocycles. The lowest BCUT2D eigenvalue weighted by Gasteiger charge is -2.14. The van der Waals surface area contributed by atoms with Crippen molar-refractivity contribution in [3.8, 4) is 0 Å². The van der Waals surface area contributed by atoms with Gasteiger partial charge in [0.25, 0.3) is 0 Å². The largest absolute Gasteiger partial charge is 0.288 e. The third-order valence-electron chi connectivity index (χ3n) is 2.52. The Bertz CT molecular complexity index is 393. The van der Waals surface area contributed by atoms with E-state index in [1.807, 2.05) is 12.2 Å². The Kier molecular flexibility index (Phi) is 2.85. The number of carbonyl (C=O) groups is 1. The zero-order valence-electron chi connectivity index (χ0n) is 7.85. The van der Waals surface area contributed by atoms with E-state index in [0.29, 0.717) is 5.57 Å². The van der Waals surface area contributed by atoms with E-state index in [1.54, 1.807) is 6.08 Å². The summed E-state index contributed by atoms with van der Waals surface area (Å²) >= 11 is 3.49. The molecule has 0 saturated carbocycles. The van der Waals surface area contributed by atoms with Crippen LogP contribution in [-0.4, -0.2) is 5.78 Å². The molecule has 14 heavy (non-hydrogen) atoms. The number of hydrogen-bond donors (Lipinski definition) is 0. The van der Waals surface area contributed by atoms with Crippen LogP contribution in [-0.2, 0) is 4.79 Å². The van der Waals surface area contributed by atoms with Gasteiger partial charge < -0.3 is 0 Å². The van der Waals surface area contributed by atoms with E-state index in [0.717, 1.165) is 29.3 Å². The molecule has 0 N–H and O–H groups in total. The first-order chi connectivity index (χ1) is 6.79. The van der Waals surface area contributed by atoms with Crippen molar-refractivity contribution >= 4 is 21.7 Å². The van der Waals surface area contributed by atoms with E-state index < -0.39 is 0 Å². The molecule has 2 rings (SSSR count). The minimum atomic E-state index is 0.140. The molecule has 0 atom stereocenters. The predicted octanol–water partition coefficient (Wildman–Crippen LogP) is 3.43. The van der Waals surface area contributed by atoms with Gasteiger partial charge in [0.05, 0.1) is 5.57 Å². The summed E-state index contributed by atoms with van der Waals surface area (Å²) in [5.41, 5.74) is 4.59. The maximum atomic E-state index is 12.0. The van der Waals surface area contributed by atoms with Crippen LogP contribution in [0.3, 0.4) is 0 Å². The van der Waals surface area contributed by atoms with Crippen LogP contribution in [0.2, 0.25) is 0 Å². The van der Waals surface area contributed by atoms with Crippen LogP contribution >= 0.6 is 15.9 Å². The van der Waals surface area contributed by atoms with Crippen molar-refractivity contribution in [2.45, 2.75) is 25.7 Å². The lowest BCUT2D eigenvalue weighted by atomic mass is 9.93. The number of hydrogen-bond acceptors (Lipinski definition) is 1. The van der Waals surface area contributed by atoms with Crippen molar-refractivity contribution in [2.75, 3.05) is 0 Å². The standard InChI is InChI=1S/C12H11BrO/c13-11-8-4-3-7-10(11)12(14)9-5-1-2-6-9/h1-2,5H,3-4,7-8H2. The van der Waals surface area contributed by atoms with Crippen LogP contribution in [0.25, 0.3) is 0 Å². The maximum Gasteiger partial charge on any atom is 0.197 e. The van der Waals surface area contributed by atoms with E-state index in [4.69, 9.17) is 0 Å². The molecular formula is C12H11BrO. The average molecular weight is 251 g/mol. The molecule has 0 bridgehead atoms. The number of ketones is 1. The second kappa shape index (κ2) is 4.12. The molecule has 0 amide bonds. The van der Waals surface area contributed by atoms with Gasteiger partial charge in [0.1, 0.15) is 0 Å². The molecule has 72 valence electrons. The van der Waals surface area contributed by atoms with Crippen molar-refractivity contribution in [3.63, 3.8) is 0 Å². The molecule has 0 aromatic heterocycles. The molecule has 0 aromatic carbocycles. The van der Waals surface area contributed by atoms with Crippen LogP contribution in [0, 0.1) is 0 Å². The van der Waals surface area contributed by atoms with Crippen molar-refractivity contribution in [2.24, 2.45) is 0 Å². The van der Waals surface area contributed by atoms with Gasteiger partial charge in [-0.25, -0.2) is 0 Å². The quantitative estimate of drug-likeness (QED) is 0.687. The third kappa shape index (κ3) is 1.82. The molecule has 0 aromatic rings. The Labute approximate surface area is 92.0 Å². The first-order valence-corrected chi connectivity index (χ1v) is 5.64. The highest BCUT2D eigenvalue weighted by Crippen LogP contribution is 2.31.